The molecule has 0 spiro atoms. The van der Waals surface area contributed by atoms with Gasteiger partial charge in [-0.25, -0.2) is 4.39 Å². The molecule has 2 aromatic carbocycles. The zero-order valence-electron chi connectivity index (χ0n) is 11.7. The van der Waals surface area contributed by atoms with Crippen LogP contribution in [0.15, 0.2) is 40.9 Å². The minimum absolute atomic E-state index is 0.327. The fourth-order valence-corrected chi connectivity index (χ4v) is 2.17. The maximum atomic E-state index is 13.5. The molecule has 4 nitrogen and oxygen atoms in total. The van der Waals surface area contributed by atoms with Gasteiger partial charge in [-0.15, -0.1) is 0 Å². The molecule has 0 unspecified atom stereocenters. The van der Waals surface area contributed by atoms with E-state index in [-0.39, 0.29) is 5.82 Å². The predicted molar refractivity (Wildman–Crippen MR) is 79.0 cm³/mol. The Labute approximate surface area is 121 Å². The molecule has 0 aliphatic carbocycles. The smallest absolute Gasteiger partial charge is 0.260 e. The van der Waals surface area contributed by atoms with Gasteiger partial charge in [0.2, 0.25) is 5.82 Å². The lowest BCUT2D eigenvalue weighted by Crippen LogP contribution is -1.91. The number of aromatic nitrogens is 2. The first-order valence-electron chi connectivity index (χ1n) is 6.51. The van der Waals surface area contributed by atoms with Crippen LogP contribution in [0.25, 0.3) is 22.8 Å². The predicted octanol–water partition coefficient (Wildman–Crippen LogP) is 3.74. The van der Waals surface area contributed by atoms with E-state index in [9.17, 15) is 4.39 Å². The van der Waals surface area contributed by atoms with Gasteiger partial charge in [-0.1, -0.05) is 16.8 Å². The van der Waals surface area contributed by atoms with Crippen molar-refractivity contribution in [2.45, 2.75) is 13.8 Å². The Kier molecular flexibility index (Phi) is 3.17. The average Bonchev–Trinajstić information content (AvgIpc) is 2.90. The van der Waals surface area contributed by atoms with Crippen molar-refractivity contribution >= 4 is 5.69 Å². The second-order valence-corrected chi connectivity index (χ2v) is 5.03. The highest BCUT2D eigenvalue weighted by molar-refractivity contribution is 5.72. The number of rotatable bonds is 2. The molecular formula is C16H14FN3O. The fraction of sp³-hybridized carbons (Fsp3) is 0.125. The van der Waals surface area contributed by atoms with E-state index in [4.69, 9.17) is 10.3 Å². The molecule has 0 amide bonds. The Hall–Kier alpha value is -2.69. The first-order valence-corrected chi connectivity index (χ1v) is 6.51. The summed E-state index contributed by atoms with van der Waals surface area (Å²) in [6, 6.07) is 10.2. The first-order chi connectivity index (χ1) is 10.0. The van der Waals surface area contributed by atoms with Gasteiger partial charge in [-0.3, -0.25) is 0 Å². The van der Waals surface area contributed by atoms with Crippen LogP contribution >= 0.6 is 0 Å². The molecule has 5 heteroatoms. The Balaban J connectivity index is 2.05. The van der Waals surface area contributed by atoms with Gasteiger partial charge in [0.15, 0.2) is 0 Å². The average molecular weight is 283 g/mol. The molecule has 0 saturated carbocycles. The van der Waals surface area contributed by atoms with Gasteiger partial charge in [-0.05, 0) is 49.7 Å². The molecular weight excluding hydrogens is 269 g/mol. The molecule has 3 aromatic rings. The molecule has 106 valence electrons. The molecule has 0 aliphatic rings. The number of halogens is 1. The molecule has 0 bridgehead atoms. The molecule has 0 radical (unpaired) electrons. The summed E-state index contributed by atoms with van der Waals surface area (Å²) in [7, 11) is 0. The lowest BCUT2D eigenvalue weighted by molar-refractivity contribution is 0.432. The highest BCUT2D eigenvalue weighted by Crippen LogP contribution is 2.28. The summed E-state index contributed by atoms with van der Waals surface area (Å²) >= 11 is 0. The minimum atomic E-state index is -0.327. The van der Waals surface area contributed by atoms with Crippen LogP contribution in [0.4, 0.5) is 10.1 Å². The van der Waals surface area contributed by atoms with Crippen molar-refractivity contribution in [3.8, 4) is 22.8 Å². The standard InChI is InChI=1S/C16H14FN3O/c1-9-3-4-14(18)13(7-9)16-19-15(20-21-16)11-5-10(2)6-12(17)8-11/h3-8H,18H2,1-2H3. The third-order valence-corrected chi connectivity index (χ3v) is 3.17. The Morgan fingerprint density at radius 2 is 1.86 bits per heavy atom. The number of nitrogen functional groups attached to an aromatic ring is 1. The highest BCUT2D eigenvalue weighted by atomic mass is 19.1. The van der Waals surface area contributed by atoms with Crippen LogP contribution in [0.5, 0.6) is 0 Å². The van der Waals surface area contributed by atoms with Crippen LogP contribution in [0.1, 0.15) is 11.1 Å². The van der Waals surface area contributed by atoms with Crippen LogP contribution in [0, 0.1) is 19.7 Å². The summed E-state index contributed by atoms with van der Waals surface area (Å²) in [5.41, 5.74) is 9.59. The quantitative estimate of drug-likeness (QED) is 0.727. The van der Waals surface area contributed by atoms with Gasteiger partial charge in [0.25, 0.3) is 5.89 Å². The minimum Gasteiger partial charge on any atom is -0.398 e. The van der Waals surface area contributed by atoms with E-state index in [0.29, 0.717) is 28.5 Å². The number of benzene rings is 2. The topological polar surface area (TPSA) is 64.9 Å². The number of anilines is 1. The maximum absolute atomic E-state index is 13.5. The van der Waals surface area contributed by atoms with Crippen molar-refractivity contribution in [1.29, 1.82) is 0 Å². The third kappa shape index (κ3) is 2.63. The van der Waals surface area contributed by atoms with Crippen molar-refractivity contribution < 1.29 is 8.91 Å². The van der Waals surface area contributed by atoms with E-state index >= 15 is 0 Å². The first kappa shape index (κ1) is 13.3. The molecule has 1 heterocycles. The van der Waals surface area contributed by atoms with E-state index in [1.54, 1.807) is 12.1 Å². The lowest BCUT2D eigenvalue weighted by Gasteiger charge is -2.01. The monoisotopic (exact) mass is 283 g/mol. The van der Waals surface area contributed by atoms with Crippen LogP contribution in [-0.4, -0.2) is 10.1 Å². The third-order valence-electron chi connectivity index (χ3n) is 3.17. The summed E-state index contributed by atoms with van der Waals surface area (Å²) in [4.78, 5) is 4.31. The molecule has 0 atom stereocenters. The maximum Gasteiger partial charge on any atom is 0.260 e. The van der Waals surface area contributed by atoms with Gasteiger partial charge in [-0.2, -0.15) is 4.98 Å². The summed E-state index contributed by atoms with van der Waals surface area (Å²) in [5, 5.41) is 3.91. The highest BCUT2D eigenvalue weighted by Gasteiger charge is 2.14. The van der Waals surface area contributed by atoms with E-state index in [1.165, 1.54) is 12.1 Å². The number of hydrogen-bond acceptors (Lipinski definition) is 4. The van der Waals surface area contributed by atoms with Crippen LogP contribution < -0.4 is 5.73 Å². The second kappa shape index (κ2) is 5.01. The summed E-state index contributed by atoms with van der Waals surface area (Å²) in [5.74, 6) is 0.341. The van der Waals surface area contributed by atoms with Crippen LogP contribution in [0.2, 0.25) is 0 Å². The van der Waals surface area contributed by atoms with Gasteiger partial charge >= 0.3 is 0 Å². The molecule has 0 fully saturated rings. The normalized spacial score (nSPS) is 10.8. The molecule has 3 rings (SSSR count). The van der Waals surface area contributed by atoms with Gasteiger partial charge in [0.05, 0.1) is 5.56 Å². The zero-order chi connectivity index (χ0) is 15.0. The van der Waals surface area contributed by atoms with E-state index in [1.807, 2.05) is 26.0 Å². The lowest BCUT2D eigenvalue weighted by atomic mass is 10.1. The van der Waals surface area contributed by atoms with E-state index < -0.39 is 0 Å². The van der Waals surface area contributed by atoms with E-state index in [0.717, 1.165) is 11.1 Å². The molecule has 0 saturated heterocycles. The molecule has 2 N–H and O–H groups in total. The van der Waals surface area contributed by atoms with Crippen molar-refractivity contribution in [1.82, 2.24) is 10.1 Å². The van der Waals surface area contributed by atoms with Crippen molar-refractivity contribution in [2.24, 2.45) is 0 Å². The molecule has 0 aliphatic heterocycles. The van der Waals surface area contributed by atoms with Crippen molar-refractivity contribution in [2.75, 3.05) is 5.73 Å². The summed E-state index contributed by atoms with van der Waals surface area (Å²) in [6.45, 7) is 3.77. The number of nitrogens with two attached hydrogens (primary N) is 1. The van der Waals surface area contributed by atoms with E-state index in [2.05, 4.69) is 10.1 Å². The van der Waals surface area contributed by atoms with Crippen molar-refractivity contribution in [3.63, 3.8) is 0 Å². The fourth-order valence-electron chi connectivity index (χ4n) is 2.17. The van der Waals surface area contributed by atoms with Gasteiger partial charge in [0.1, 0.15) is 5.82 Å². The number of aryl methyl sites for hydroxylation is 2. The Morgan fingerprint density at radius 3 is 2.62 bits per heavy atom. The number of nitrogens with zero attached hydrogens (tertiary/aromatic N) is 2. The largest absolute Gasteiger partial charge is 0.398 e. The van der Waals surface area contributed by atoms with Crippen LogP contribution in [0.3, 0.4) is 0 Å². The zero-order valence-corrected chi connectivity index (χ0v) is 11.7. The summed E-state index contributed by atoms with van der Waals surface area (Å²) in [6.07, 6.45) is 0. The molecule has 1 aromatic heterocycles. The summed E-state index contributed by atoms with van der Waals surface area (Å²) < 4.78 is 18.7. The Bertz CT molecular complexity index is 791. The van der Waals surface area contributed by atoms with Gasteiger partial charge < -0.3 is 10.3 Å². The SMILES string of the molecule is Cc1cc(F)cc(-c2noc(-c3cc(C)ccc3N)n2)c1. The van der Waals surface area contributed by atoms with Crippen LogP contribution in [-0.2, 0) is 0 Å². The second-order valence-electron chi connectivity index (χ2n) is 5.03. The van der Waals surface area contributed by atoms with Crippen molar-refractivity contribution in [3.05, 3.63) is 53.3 Å². The molecule has 21 heavy (non-hydrogen) atoms. The van der Waals surface area contributed by atoms with Gasteiger partial charge in [0, 0.05) is 11.3 Å². The number of hydrogen-bond donors (Lipinski definition) is 1. The Morgan fingerprint density at radius 1 is 1.05 bits per heavy atom.